The molecule has 0 radical (unpaired) electrons. The average molecular weight is 270 g/mol. The molecular weight excluding hydrogens is 252 g/mol. The molecule has 1 N–H and O–H groups in total. The highest BCUT2D eigenvalue weighted by Gasteiger charge is 2.17. The number of rotatable bonds is 8. The summed E-state index contributed by atoms with van der Waals surface area (Å²) in [7, 11) is 4.51. The number of aromatic carboxylic acids is 1. The number of carboxylic acids is 1. The van der Waals surface area contributed by atoms with Gasteiger partial charge in [-0.2, -0.15) is 0 Å². The van der Waals surface area contributed by atoms with Gasteiger partial charge in [0.25, 0.3) is 0 Å². The van der Waals surface area contributed by atoms with Gasteiger partial charge in [-0.15, -0.1) is 0 Å². The first-order valence-corrected chi connectivity index (χ1v) is 5.75. The van der Waals surface area contributed by atoms with Gasteiger partial charge in [-0.25, -0.2) is 4.79 Å². The van der Waals surface area contributed by atoms with Crippen LogP contribution in [-0.2, 0) is 4.74 Å². The topological polar surface area (TPSA) is 74.2 Å². The second-order valence-electron chi connectivity index (χ2n) is 3.71. The van der Waals surface area contributed by atoms with Gasteiger partial charge in [0.05, 0.1) is 26.4 Å². The van der Waals surface area contributed by atoms with Gasteiger partial charge >= 0.3 is 5.97 Å². The predicted octanol–water partition coefficient (Wildman–Crippen LogP) is 1.82. The number of benzene rings is 1. The van der Waals surface area contributed by atoms with E-state index < -0.39 is 5.97 Å². The molecule has 0 atom stereocenters. The quantitative estimate of drug-likeness (QED) is 0.726. The lowest BCUT2D eigenvalue weighted by atomic mass is 10.2. The van der Waals surface area contributed by atoms with Crippen molar-refractivity contribution in [3.05, 3.63) is 17.7 Å². The van der Waals surface area contributed by atoms with E-state index in [1.807, 2.05) is 0 Å². The minimum atomic E-state index is -1.05. The van der Waals surface area contributed by atoms with E-state index in [-0.39, 0.29) is 5.56 Å². The molecule has 106 valence electrons. The molecule has 0 saturated carbocycles. The third-order valence-corrected chi connectivity index (χ3v) is 2.45. The van der Waals surface area contributed by atoms with Crippen LogP contribution >= 0.6 is 0 Å². The molecule has 0 bridgehead atoms. The molecule has 0 amide bonds. The monoisotopic (exact) mass is 270 g/mol. The highest BCUT2D eigenvalue weighted by atomic mass is 16.5. The Morgan fingerprint density at radius 2 is 1.68 bits per heavy atom. The Bertz CT molecular complexity index is 404. The van der Waals surface area contributed by atoms with E-state index in [4.69, 9.17) is 24.1 Å². The standard InChI is InChI=1S/C13H18O6/c1-16-5-4-6-19-12-10(17-2)7-9(13(14)15)8-11(12)18-3/h7-8H,4-6H2,1-3H3,(H,14,15). The molecule has 0 spiro atoms. The zero-order valence-corrected chi connectivity index (χ0v) is 11.3. The Kier molecular flexibility index (Phi) is 5.95. The summed E-state index contributed by atoms with van der Waals surface area (Å²) in [5.41, 5.74) is 0.0814. The van der Waals surface area contributed by atoms with Crippen LogP contribution < -0.4 is 14.2 Å². The van der Waals surface area contributed by atoms with Crippen molar-refractivity contribution >= 4 is 5.97 Å². The first-order chi connectivity index (χ1) is 9.13. The van der Waals surface area contributed by atoms with Crippen LogP contribution in [0.3, 0.4) is 0 Å². The van der Waals surface area contributed by atoms with Crippen LogP contribution in [0.5, 0.6) is 17.2 Å². The second-order valence-corrected chi connectivity index (χ2v) is 3.71. The summed E-state index contributed by atoms with van der Waals surface area (Å²) >= 11 is 0. The van der Waals surface area contributed by atoms with Crippen LogP contribution in [0.15, 0.2) is 12.1 Å². The summed E-state index contributed by atoms with van der Waals surface area (Å²) in [6, 6.07) is 2.80. The maximum atomic E-state index is 11.0. The molecule has 1 aromatic carbocycles. The molecule has 0 aliphatic rings. The number of carbonyl (C=O) groups is 1. The summed E-state index contributed by atoms with van der Waals surface area (Å²) in [5.74, 6) is -0.00281. The minimum absolute atomic E-state index is 0.0814. The van der Waals surface area contributed by atoms with E-state index >= 15 is 0 Å². The molecule has 0 unspecified atom stereocenters. The molecule has 0 aromatic heterocycles. The highest BCUT2D eigenvalue weighted by Crippen LogP contribution is 2.38. The van der Waals surface area contributed by atoms with E-state index in [1.54, 1.807) is 7.11 Å². The molecule has 0 aliphatic heterocycles. The predicted molar refractivity (Wildman–Crippen MR) is 68.5 cm³/mol. The molecule has 1 rings (SSSR count). The SMILES string of the molecule is COCCCOc1c(OC)cc(C(=O)O)cc1OC. The number of ether oxygens (including phenoxy) is 4. The van der Waals surface area contributed by atoms with Crippen LogP contribution in [0.1, 0.15) is 16.8 Å². The Labute approximate surface area is 111 Å². The Balaban J connectivity index is 2.96. The van der Waals surface area contributed by atoms with Gasteiger partial charge in [0.15, 0.2) is 11.5 Å². The summed E-state index contributed by atoms with van der Waals surface area (Å²) in [6.45, 7) is 1.00. The lowest BCUT2D eigenvalue weighted by Gasteiger charge is -2.15. The number of hydrogen-bond donors (Lipinski definition) is 1. The van der Waals surface area contributed by atoms with Crippen molar-refractivity contribution in [3.8, 4) is 17.2 Å². The van der Waals surface area contributed by atoms with Gasteiger partial charge in [-0.3, -0.25) is 0 Å². The smallest absolute Gasteiger partial charge is 0.335 e. The zero-order valence-electron chi connectivity index (χ0n) is 11.3. The van der Waals surface area contributed by atoms with Crippen molar-refractivity contribution in [2.75, 3.05) is 34.5 Å². The largest absolute Gasteiger partial charge is 0.493 e. The van der Waals surface area contributed by atoms with Crippen LogP contribution in [0.4, 0.5) is 0 Å². The molecule has 0 saturated heterocycles. The maximum absolute atomic E-state index is 11.0. The van der Waals surface area contributed by atoms with Crippen molar-refractivity contribution in [2.24, 2.45) is 0 Å². The maximum Gasteiger partial charge on any atom is 0.335 e. The Morgan fingerprint density at radius 1 is 1.11 bits per heavy atom. The number of carboxylic acid groups (broad SMARTS) is 1. The molecular formula is C13H18O6. The van der Waals surface area contributed by atoms with Crippen molar-refractivity contribution < 1.29 is 28.8 Å². The van der Waals surface area contributed by atoms with Crippen LogP contribution in [0, 0.1) is 0 Å². The molecule has 0 aliphatic carbocycles. The Hall–Kier alpha value is -1.95. The van der Waals surface area contributed by atoms with Crippen LogP contribution in [0.2, 0.25) is 0 Å². The molecule has 0 heterocycles. The summed E-state index contributed by atoms with van der Waals surface area (Å²) < 4.78 is 20.8. The third-order valence-electron chi connectivity index (χ3n) is 2.45. The highest BCUT2D eigenvalue weighted by molar-refractivity contribution is 5.89. The number of methoxy groups -OCH3 is 3. The van der Waals surface area contributed by atoms with Gasteiger partial charge in [0.2, 0.25) is 5.75 Å². The van der Waals surface area contributed by atoms with Gasteiger partial charge in [-0.1, -0.05) is 0 Å². The zero-order chi connectivity index (χ0) is 14.3. The lowest BCUT2D eigenvalue weighted by Crippen LogP contribution is -2.06. The minimum Gasteiger partial charge on any atom is -0.493 e. The average Bonchev–Trinajstić information content (AvgIpc) is 2.42. The molecule has 19 heavy (non-hydrogen) atoms. The van der Waals surface area contributed by atoms with Crippen molar-refractivity contribution in [3.63, 3.8) is 0 Å². The summed E-state index contributed by atoms with van der Waals surface area (Å²) in [4.78, 5) is 11.0. The van der Waals surface area contributed by atoms with E-state index in [9.17, 15) is 4.79 Å². The van der Waals surface area contributed by atoms with Gasteiger partial charge in [0.1, 0.15) is 0 Å². The normalized spacial score (nSPS) is 10.1. The molecule has 0 fully saturated rings. The fourth-order valence-corrected chi connectivity index (χ4v) is 1.52. The Morgan fingerprint density at radius 3 is 2.11 bits per heavy atom. The number of hydrogen-bond acceptors (Lipinski definition) is 5. The lowest BCUT2D eigenvalue weighted by molar-refractivity contribution is 0.0696. The van der Waals surface area contributed by atoms with E-state index in [2.05, 4.69) is 0 Å². The van der Waals surface area contributed by atoms with Crippen LogP contribution in [0.25, 0.3) is 0 Å². The molecule has 1 aromatic rings. The van der Waals surface area contributed by atoms with E-state index in [0.717, 1.165) is 0 Å². The van der Waals surface area contributed by atoms with Gasteiger partial charge in [-0.05, 0) is 12.1 Å². The van der Waals surface area contributed by atoms with Crippen molar-refractivity contribution in [1.82, 2.24) is 0 Å². The second kappa shape index (κ2) is 7.48. The van der Waals surface area contributed by atoms with Crippen LogP contribution in [-0.4, -0.2) is 45.6 Å². The van der Waals surface area contributed by atoms with Gasteiger partial charge in [0, 0.05) is 20.1 Å². The van der Waals surface area contributed by atoms with E-state index in [0.29, 0.717) is 36.9 Å². The summed E-state index contributed by atoms with van der Waals surface area (Å²) in [5, 5.41) is 8.99. The molecule has 6 nitrogen and oxygen atoms in total. The third kappa shape index (κ3) is 4.03. The first kappa shape index (κ1) is 15.1. The van der Waals surface area contributed by atoms with Crippen molar-refractivity contribution in [2.45, 2.75) is 6.42 Å². The van der Waals surface area contributed by atoms with Gasteiger partial charge < -0.3 is 24.1 Å². The fourth-order valence-electron chi connectivity index (χ4n) is 1.52. The fraction of sp³-hybridized carbons (Fsp3) is 0.462. The summed E-state index contributed by atoms with van der Waals surface area (Å²) in [6.07, 6.45) is 0.712. The first-order valence-electron chi connectivity index (χ1n) is 5.75. The molecule has 6 heteroatoms. The van der Waals surface area contributed by atoms with Crippen molar-refractivity contribution in [1.29, 1.82) is 0 Å². The van der Waals surface area contributed by atoms with E-state index in [1.165, 1.54) is 26.4 Å².